The van der Waals surface area contributed by atoms with Gasteiger partial charge in [-0.3, -0.25) is 4.79 Å². The number of rotatable bonds is 5. The van der Waals surface area contributed by atoms with E-state index in [1.54, 1.807) is 4.68 Å². The molecular weight excluding hydrogens is 479 g/mol. The first-order valence-corrected chi connectivity index (χ1v) is 11.1. The van der Waals surface area contributed by atoms with Gasteiger partial charge >= 0.3 is 12.1 Å². The smallest absolute Gasteiger partial charge is 0.475 e. The van der Waals surface area contributed by atoms with Crippen molar-refractivity contribution in [1.29, 1.82) is 0 Å². The van der Waals surface area contributed by atoms with E-state index in [1.165, 1.54) is 0 Å². The molecule has 36 heavy (non-hydrogen) atoms. The molecule has 1 amide bonds. The number of carboxylic acids is 1. The molecule has 0 saturated carbocycles. The summed E-state index contributed by atoms with van der Waals surface area (Å²) in [6, 6.07) is 15.1. The van der Waals surface area contributed by atoms with Gasteiger partial charge in [0.05, 0.1) is 18.3 Å². The zero-order valence-electron chi connectivity index (χ0n) is 19.4. The lowest BCUT2D eigenvalue weighted by molar-refractivity contribution is -0.192. The molecular formula is C24H26F3N5O4. The van der Waals surface area contributed by atoms with Gasteiger partial charge in [0.15, 0.2) is 0 Å². The van der Waals surface area contributed by atoms with Crippen molar-refractivity contribution in [2.45, 2.75) is 38.1 Å². The average molecular weight is 505 g/mol. The number of hydrogen-bond donors (Lipinski definition) is 4. The lowest BCUT2D eigenvalue weighted by atomic mass is 9.92. The summed E-state index contributed by atoms with van der Waals surface area (Å²) in [5.74, 6) is -2.92. The molecule has 0 spiro atoms. The Morgan fingerprint density at radius 1 is 1.14 bits per heavy atom. The Balaban J connectivity index is 0.000000454. The third-order valence-electron chi connectivity index (χ3n) is 5.58. The van der Waals surface area contributed by atoms with Crippen molar-refractivity contribution in [3.8, 4) is 11.3 Å². The van der Waals surface area contributed by atoms with Gasteiger partial charge in [-0.1, -0.05) is 35.5 Å². The predicted molar refractivity (Wildman–Crippen MR) is 125 cm³/mol. The number of benzene rings is 2. The van der Waals surface area contributed by atoms with Crippen LogP contribution in [0.3, 0.4) is 0 Å². The second kappa shape index (κ2) is 11.3. The second-order valence-electron chi connectivity index (χ2n) is 8.43. The molecule has 4 rings (SSSR count). The number of aliphatic hydroxyl groups is 1. The van der Waals surface area contributed by atoms with Crippen LogP contribution in [0.5, 0.6) is 0 Å². The Morgan fingerprint density at radius 2 is 1.78 bits per heavy atom. The fraction of sp³-hybridized carbons (Fsp3) is 0.333. The molecule has 1 saturated heterocycles. The summed E-state index contributed by atoms with van der Waals surface area (Å²) in [6.45, 7) is 3.92. The van der Waals surface area contributed by atoms with Crippen molar-refractivity contribution >= 4 is 17.6 Å². The van der Waals surface area contributed by atoms with E-state index in [1.807, 2.05) is 61.7 Å². The van der Waals surface area contributed by atoms with Crippen LogP contribution in [0, 0.1) is 6.92 Å². The van der Waals surface area contributed by atoms with Crippen LogP contribution in [0.15, 0.2) is 54.7 Å². The maximum absolute atomic E-state index is 12.7. The maximum Gasteiger partial charge on any atom is 0.490 e. The quantitative estimate of drug-likeness (QED) is 0.419. The van der Waals surface area contributed by atoms with Crippen molar-refractivity contribution in [2.75, 3.05) is 18.4 Å². The van der Waals surface area contributed by atoms with Gasteiger partial charge in [-0.25, -0.2) is 9.48 Å². The Bertz CT molecular complexity index is 1190. The molecule has 0 bridgehead atoms. The molecule has 12 heteroatoms. The van der Waals surface area contributed by atoms with Gasteiger partial charge in [0, 0.05) is 16.8 Å². The monoisotopic (exact) mass is 505 g/mol. The topological polar surface area (TPSA) is 129 Å². The van der Waals surface area contributed by atoms with Gasteiger partial charge in [0.1, 0.15) is 5.69 Å². The fourth-order valence-corrected chi connectivity index (χ4v) is 3.61. The Labute approximate surface area is 204 Å². The molecule has 1 aliphatic heterocycles. The molecule has 0 unspecified atom stereocenters. The van der Waals surface area contributed by atoms with Gasteiger partial charge in [-0.2, -0.15) is 13.2 Å². The van der Waals surface area contributed by atoms with Crippen LogP contribution >= 0.6 is 0 Å². The van der Waals surface area contributed by atoms with Gasteiger partial charge in [0.25, 0.3) is 5.91 Å². The van der Waals surface area contributed by atoms with Gasteiger partial charge in [-0.05, 0) is 56.6 Å². The minimum absolute atomic E-state index is 0.160. The molecule has 2 aromatic carbocycles. The predicted octanol–water partition coefficient (Wildman–Crippen LogP) is 3.25. The van der Waals surface area contributed by atoms with Crippen LogP contribution < -0.4 is 10.6 Å². The highest BCUT2D eigenvalue weighted by atomic mass is 19.4. The van der Waals surface area contributed by atoms with Crippen molar-refractivity contribution in [3.05, 3.63) is 65.9 Å². The van der Waals surface area contributed by atoms with Gasteiger partial charge in [0.2, 0.25) is 0 Å². The number of hydrogen-bond acceptors (Lipinski definition) is 6. The zero-order chi connectivity index (χ0) is 26.3. The van der Waals surface area contributed by atoms with E-state index in [2.05, 4.69) is 20.9 Å². The summed E-state index contributed by atoms with van der Waals surface area (Å²) >= 11 is 0. The van der Waals surface area contributed by atoms with E-state index in [4.69, 9.17) is 9.90 Å². The molecule has 3 aromatic rings. The first kappa shape index (κ1) is 26.8. The number of para-hydroxylation sites is 1. The number of aromatic nitrogens is 3. The Kier molecular flexibility index (Phi) is 8.43. The molecule has 0 radical (unpaired) electrons. The number of carbonyl (C=O) groups is 2. The van der Waals surface area contributed by atoms with Crippen LogP contribution in [-0.2, 0) is 11.3 Å². The highest BCUT2D eigenvalue weighted by Gasteiger charge is 2.38. The molecule has 0 aliphatic carbocycles. The first-order valence-electron chi connectivity index (χ1n) is 11.1. The summed E-state index contributed by atoms with van der Waals surface area (Å²) in [7, 11) is 0. The number of anilines is 1. The molecule has 192 valence electrons. The molecule has 1 aromatic heterocycles. The van der Waals surface area contributed by atoms with E-state index in [0.29, 0.717) is 30.6 Å². The van der Waals surface area contributed by atoms with Gasteiger partial charge in [-0.15, -0.1) is 5.10 Å². The standard InChI is InChI=1S/C22H25N5O2.C2HF3O2/c1-16-7-8-17(13-19(16)21(28)24-18-5-3-2-4-6-18)20-14-27(26-25-20)15-22(29)9-11-23-12-10-22;3-2(4,5)1(6)7/h2-8,13-14,23,29H,9-12,15H2,1H3,(H,24,28);(H,6,7). The lowest BCUT2D eigenvalue weighted by Crippen LogP contribution is -2.44. The van der Waals surface area contributed by atoms with Crippen LogP contribution in [0.25, 0.3) is 11.3 Å². The number of aryl methyl sites for hydroxylation is 1. The largest absolute Gasteiger partial charge is 0.490 e. The number of nitrogens with zero attached hydrogens (tertiary/aromatic N) is 3. The van der Waals surface area contributed by atoms with Crippen LogP contribution in [0.2, 0.25) is 0 Å². The van der Waals surface area contributed by atoms with E-state index in [-0.39, 0.29) is 5.91 Å². The zero-order valence-corrected chi connectivity index (χ0v) is 19.4. The van der Waals surface area contributed by atoms with E-state index in [0.717, 1.165) is 29.9 Å². The van der Waals surface area contributed by atoms with Crippen molar-refractivity contribution in [1.82, 2.24) is 20.3 Å². The van der Waals surface area contributed by atoms with E-state index in [9.17, 15) is 23.1 Å². The normalized spacial score (nSPS) is 14.9. The molecule has 1 fully saturated rings. The third-order valence-corrected chi connectivity index (χ3v) is 5.58. The SMILES string of the molecule is Cc1ccc(-c2cn(CC3(O)CCNCC3)nn2)cc1C(=O)Nc1ccccc1.O=C(O)C(F)(F)F. The average Bonchev–Trinajstić information content (AvgIpc) is 3.28. The van der Waals surface area contributed by atoms with Crippen LogP contribution in [-0.4, -0.2) is 62.0 Å². The van der Waals surface area contributed by atoms with E-state index < -0.39 is 17.7 Å². The fourth-order valence-electron chi connectivity index (χ4n) is 3.61. The summed E-state index contributed by atoms with van der Waals surface area (Å²) in [5.41, 5.74) is 2.97. The number of carbonyl (C=O) groups excluding carboxylic acids is 1. The van der Waals surface area contributed by atoms with Crippen LogP contribution in [0.1, 0.15) is 28.8 Å². The number of amides is 1. The number of piperidine rings is 1. The first-order chi connectivity index (χ1) is 17.0. The summed E-state index contributed by atoms with van der Waals surface area (Å²) in [6.07, 6.45) is -1.88. The highest BCUT2D eigenvalue weighted by molar-refractivity contribution is 6.05. The number of halogens is 3. The van der Waals surface area contributed by atoms with Crippen molar-refractivity contribution in [2.24, 2.45) is 0 Å². The summed E-state index contributed by atoms with van der Waals surface area (Å²) in [5, 5.41) is 32.5. The molecule has 0 atom stereocenters. The van der Waals surface area contributed by atoms with Crippen molar-refractivity contribution in [3.63, 3.8) is 0 Å². The lowest BCUT2D eigenvalue weighted by Gasteiger charge is -2.32. The number of aliphatic carboxylic acids is 1. The number of nitrogens with one attached hydrogen (secondary N) is 2. The number of alkyl halides is 3. The summed E-state index contributed by atoms with van der Waals surface area (Å²) in [4.78, 5) is 21.6. The maximum atomic E-state index is 12.7. The van der Waals surface area contributed by atoms with E-state index >= 15 is 0 Å². The summed E-state index contributed by atoms with van der Waals surface area (Å²) < 4.78 is 33.4. The number of carboxylic acid groups (broad SMARTS) is 1. The molecule has 4 N–H and O–H groups in total. The van der Waals surface area contributed by atoms with Crippen LogP contribution in [0.4, 0.5) is 18.9 Å². The second-order valence-corrected chi connectivity index (χ2v) is 8.43. The highest BCUT2D eigenvalue weighted by Crippen LogP contribution is 2.24. The molecule has 9 nitrogen and oxygen atoms in total. The Morgan fingerprint density at radius 3 is 2.39 bits per heavy atom. The minimum Gasteiger partial charge on any atom is -0.475 e. The third kappa shape index (κ3) is 7.36. The van der Waals surface area contributed by atoms with Gasteiger partial charge < -0.3 is 20.8 Å². The molecule has 1 aliphatic rings. The minimum atomic E-state index is -5.08. The molecule has 2 heterocycles. The Hall–Kier alpha value is -3.77. The van der Waals surface area contributed by atoms with Crippen molar-refractivity contribution < 1.29 is 33.0 Å².